The molecular formula is C19H17FN2O4S. The minimum atomic E-state index is -0.638. The Labute approximate surface area is 159 Å². The van der Waals surface area contributed by atoms with Crippen LogP contribution in [0.4, 0.5) is 15.8 Å². The van der Waals surface area contributed by atoms with E-state index in [0.29, 0.717) is 17.1 Å². The molecule has 0 saturated carbocycles. The number of anilines is 2. The number of nitrogens with zero attached hydrogens (tertiary/aromatic N) is 1. The van der Waals surface area contributed by atoms with E-state index in [1.165, 1.54) is 31.4 Å². The molecule has 1 fully saturated rings. The molecule has 1 atom stereocenters. The largest absolute Gasteiger partial charge is 0.495 e. The van der Waals surface area contributed by atoms with Crippen LogP contribution >= 0.6 is 11.8 Å². The summed E-state index contributed by atoms with van der Waals surface area (Å²) in [5.41, 5.74) is 0.861. The maximum absolute atomic E-state index is 12.9. The van der Waals surface area contributed by atoms with E-state index in [1.807, 2.05) is 0 Å². The van der Waals surface area contributed by atoms with Gasteiger partial charge in [0.2, 0.25) is 17.7 Å². The minimum Gasteiger partial charge on any atom is -0.495 e. The van der Waals surface area contributed by atoms with Crippen LogP contribution in [0.2, 0.25) is 0 Å². The molecule has 1 heterocycles. The molecule has 6 nitrogen and oxygen atoms in total. The molecule has 0 bridgehead atoms. The van der Waals surface area contributed by atoms with Crippen molar-refractivity contribution in [2.75, 3.05) is 23.1 Å². The number of imide groups is 1. The number of ether oxygens (including phenoxy) is 1. The Bertz CT molecular complexity index is 872. The van der Waals surface area contributed by atoms with E-state index >= 15 is 0 Å². The van der Waals surface area contributed by atoms with Gasteiger partial charge in [0.05, 0.1) is 23.8 Å². The molecule has 140 valence electrons. The first-order valence-electron chi connectivity index (χ1n) is 8.16. The number of carbonyl (C=O) groups is 3. The van der Waals surface area contributed by atoms with Gasteiger partial charge in [-0.25, -0.2) is 9.29 Å². The molecule has 8 heteroatoms. The second-order valence-electron chi connectivity index (χ2n) is 5.80. The van der Waals surface area contributed by atoms with E-state index in [9.17, 15) is 18.8 Å². The van der Waals surface area contributed by atoms with Crippen LogP contribution in [-0.4, -0.2) is 35.8 Å². The molecule has 1 aliphatic rings. The van der Waals surface area contributed by atoms with Gasteiger partial charge in [0.25, 0.3) is 0 Å². The Morgan fingerprint density at radius 3 is 2.63 bits per heavy atom. The Balaban J connectivity index is 1.61. The minimum absolute atomic E-state index is 0.000821. The van der Waals surface area contributed by atoms with Crippen molar-refractivity contribution in [1.29, 1.82) is 0 Å². The summed E-state index contributed by atoms with van der Waals surface area (Å²) >= 11 is 1.10. The number of carbonyl (C=O) groups excluding carboxylic acids is 3. The van der Waals surface area contributed by atoms with Crippen LogP contribution in [0.1, 0.15) is 6.42 Å². The number of amides is 3. The fourth-order valence-corrected chi connectivity index (χ4v) is 3.64. The average molecular weight is 388 g/mol. The van der Waals surface area contributed by atoms with E-state index < -0.39 is 11.1 Å². The zero-order chi connectivity index (χ0) is 19.4. The molecule has 0 unspecified atom stereocenters. The number of methoxy groups -OCH3 is 1. The van der Waals surface area contributed by atoms with Crippen LogP contribution in [0.25, 0.3) is 0 Å². The Morgan fingerprint density at radius 2 is 1.93 bits per heavy atom. The van der Waals surface area contributed by atoms with Crippen LogP contribution in [-0.2, 0) is 14.4 Å². The molecule has 27 heavy (non-hydrogen) atoms. The van der Waals surface area contributed by atoms with Gasteiger partial charge in [-0.2, -0.15) is 0 Å². The first kappa shape index (κ1) is 18.9. The maximum Gasteiger partial charge on any atom is 0.247 e. The van der Waals surface area contributed by atoms with Crippen molar-refractivity contribution in [1.82, 2.24) is 0 Å². The normalized spacial score (nSPS) is 16.5. The molecule has 1 saturated heterocycles. The van der Waals surface area contributed by atoms with E-state index in [1.54, 1.807) is 24.3 Å². The summed E-state index contributed by atoms with van der Waals surface area (Å²) < 4.78 is 18.1. The summed E-state index contributed by atoms with van der Waals surface area (Å²) in [5.74, 6) is -0.999. The second-order valence-corrected chi connectivity index (χ2v) is 6.99. The van der Waals surface area contributed by atoms with Crippen molar-refractivity contribution >= 4 is 40.9 Å². The van der Waals surface area contributed by atoms with E-state index in [-0.39, 0.29) is 29.9 Å². The summed E-state index contributed by atoms with van der Waals surface area (Å²) in [6.45, 7) is 0. The van der Waals surface area contributed by atoms with Crippen LogP contribution in [0.3, 0.4) is 0 Å². The lowest BCUT2D eigenvalue weighted by Crippen LogP contribution is -2.31. The fraction of sp³-hybridized carbons (Fsp3) is 0.211. The number of halogens is 1. The summed E-state index contributed by atoms with van der Waals surface area (Å²) in [5, 5.41) is 1.99. The van der Waals surface area contributed by atoms with Crippen LogP contribution in [0, 0.1) is 5.82 Å². The standard InChI is InChI=1S/C19H17FN2O4S/c1-26-15-5-3-2-4-14(15)22-18(24)10-16(19(22)25)27-11-17(23)21-13-8-6-12(20)7-9-13/h2-9,16H,10-11H2,1H3,(H,21,23)/t16-/m1/s1. The number of thioether (sulfide) groups is 1. The summed E-state index contributed by atoms with van der Waals surface area (Å²) in [6.07, 6.45) is 0.0192. The topological polar surface area (TPSA) is 75.7 Å². The fourth-order valence-electron chi connectivity index (χ4n) is 2.71. The lowest BCUT2D eigenvalue weighted by molar-refractivity contribution is -0.121. The number of rotatable bonds is 6. The molecule has 2 aromatic carbocycles. The highest BCUT2D eigenvalue weighted by atomic mass is 32.2. The molecular weight excluding hydrogens is 371 g/mol. The van der Waals surface area contributed by atoms with Gasteiger partial charge in [0.1, 0.15) is 11.6 Å². The molecule has 2 aromatic rings. The highest BCUT2D eigenvalue weighted by Crippen LogP contribution is 2.35. The Hall–Kier alpha value is -2.87. The van der Waals surface area contributed by atoms with Gasteiger partial charge >= 0.3 is 0 Å². The molecule has 0 radical (unpaired) electrons. The first-order valence-corrected chi connectivity index (χ1v) is 9.21. The summed E-state index contributed by atoms with van der Waals surface area (Å²) in [4.78, 5) is 38.1. The molecule has 1 N–H and O–H groups in total. The van der Waals surface area contributed by atoms with Gasteiger partial charge in [0, 0.05) is 12.1 Å². The molecule has 1 aliphatic heterocycles. The highest BCUT2D eigenvalue weighted by Gasteiger charge is 2.41. The van der Waals surface area contributed by atoms with Gasteiger partial charge in [0.15, 0.2) is 0 Å². The monoisotopic (exact) mass is 388 g/mol. The highest BCUT2D eigenvalue weighted by molar-refractivity contribution is 8.01. The Morgan fingerprint density at radius 1 is 1.22 bits per heavy atom. The molecule has 0 aromatic heterocycles. The van der Waals surface area contributed by atoms with E-state index in [0.717, 1.165) is 16.7 Å². The smallest absolute Gasteiger partial charge is 0.247 e. The molecule has 3 amide bonds. The summed E-state index contributed by atoms with van der Waals surface area (Å²) in [7, 11) is 1.47. The van der Waals surface area contributed by atoms with Gasteiger partial charge in [-0.05, 0) is 36.4 Å². The zero-order valence-electron chi connectivity index (χ0n) is 14.5. The van der Waals surface area contributed by atoms with Crippen molar-refractivity contribution < 1.29 is 23.5 Å². The number of nitrogens with one attached hydrogen (secondary N) is 1. The summed E-state index contributed by atoms with van der Waals surface area (Å²) in [6, 6.07) is 12.2. The third-order valence-corrected chi connectivity index (χ3v) is 5.17. The molecule has 3 rings (SSSR count). The van der Waals surface area contributed by atoms with Gasteiger partial charge in [-0.15, -0.1) is 11.8 Å². The van der Waals surface area contributed by atoms with Crippen molar-refractivity contribution in [3.8, 4) is 5.75 Å². The third-order valence-electron chi connectivity index (χ3n) is 3.97. The predicted octanol–water partition coefficient (Wildman–Crippen LogP) is 2.84. The number of hydrogen-bond acceptors (Lipinski definition) is 5. The van der Waals surface area contributed by atoms with Crippen molar-refractivity contribution in [3.05, 3.63) is 54.3 Å². The van der Waals surface area contributed by atoms with Crippen molar-refractivity contribution in [2.24, 2.45) is 0 Å². The maximum atomic E-state index is 12.9. The van der Waals surface area contributed by atoms with E-state index in [2.05, 4.69) is 5.32 Å². The van der Waals surface area contributed by atoms with Gasteiger partial charge in [-0.3, -0.25) is 14.4 Å². The van der Waals surface area contributed by atoms with Gasteiger partial charge in [-0.1, -0.05) is 12.1 Å². The predicted molar refractivity (Wildman–Crippen MR) is 101 cm³/mol. The number of para-hydroxylation sites is 2. The number of benzene rings is 2. The third kappa shape index (κ3) is 4.28. The van der Waals surface area contributed by atoms with Gasteiger partial charge < -0.3 is 10.1 Å². The van der Waals surface area contributed by atoms with Crippen molar-refractivity contribution in [3.63, 3.8) is 0 Å². The van der Waals surface area contributed by atoms with Crippen LogP contribution in [0.5, 0.6) is 5.75 Å². The SMILES string of the molecule is COc1ccccc1N1C(=O)C[C@@H](SCC(=O)Nc2ccc(F)cc2)C1=O. The lowest BCUT2D eigenvalue weighted by atomic mass is 10.2. The zero-order valence-corrected chi connectivity index (χ0v) is 15.3. The number of hydrogen-bond donors (Lipinski definition) is 1. The lowest BCUT2D eigenvalue weighted by Gasteiger charge is -2.17. The first-order chi connectivity index (χ1) is 13.0. The van der Waals surface area contributed by atoms with Crippen LogP contribution in [0.15, 0.2) is 48.5 Å². The molecule has 0 aliphatic carbocycles. The second kappa shape index (κ2) is 8.22. The van der Waals surface area contributed by atoms with E-state index in [4.69, 9.17) is 4.74 Å². The average Bonchev–Trinajstić information content (AvgIpc) is 2.95. The van der Waals surface area contributed by atoms with Crippen LogP contribution < -0.4 is 15.0 Å². The van der Waals surface area contributed by atoms with Crippen molar-refractivity contribution in [2.45, 2.75) is 11.7 Å². The quantitative estimate of drug-likeness (QED) is 0.770. The Kier molecular flexibility index (Phi) is 5.75. The molecule has 0 spiro atoms.